The molecule has 1 aromatic rings. The highest BCUT2D eigenvalue weighted by Gasteiger charge is 2.54. The number of nitro benzene ring substituents is 1. The van der Waals surface area contributed by atoms with Crippen molar-refractivity contribution >= 4 is 11.6 Å². The second-order valence-corrected chi connectivity index (χ2v) is 6.15. The Balaban J connectivity index is 1.91. The second kappa shape index (κ2) is 4.28. The topological polar surface area (TPSA) is 75.5 Å². The summed E-state index contributed by atoms with van der Waals surface area (Å²) in [7, 11) is 0. The van der Waals surface area contributed by atoms with Crippen LogP contribution in [0.15, 0.2) is 24.3 Å². The van der Waals surface area contributed by atoms with Crippen LogP contribution in [0, 0.1) is 15.5 Å². The van der Waals surface area contributed by atoms with Gasteiger partial charge in [0.2, 0.25) is 5.91 Å². The Kier molecular flexibility index (Phi) is 2.79. The molecule has 0 bridgehead atoms. The van der Waals surface area contributed by atoms with Crippen LogP contribution in [-0.2, 0) is 4.79 Å². The average Bonchev–Trinajstić information content (AvgIpc) is 2.85. The predicted molar refractivity (Wildman–Crippen MR) is 72.9 cm³/mol. The fourth-order valence-corrected chi connectivity index (χ4v) is 2.87. The van der Waals surface area contributed by atoms with E-state index in [0.717, 1.165) is 12.0 Å². The van der Waals surface area contributed by atoms with E-state index in [0.29, 0.717) is 6.54 Å². The summed E-state index contributed by atoms with van der Waals surface area (Å²) in [4.78, 5) is 24.4. The van der Waals surface area contributed by atoms with Crippen LogP contribution in [0.25, 0.3) is 0 Å². The number of amides is 1. The molecule has 6 heteroatoms. The lowest BCUT2D eigenvalue weighted by molar-refractivity contribution is -0.385. The van der Waals surface area contributed by atoms with Crippen molar-refractivity contribution in [3.8, 4) is 0 Å². The normalized spacial score (nSPS) is 27.7. The predicted octanol–water partition coefficient (Wildman–Crippen LogP) is 1.82. The summed E-state index contributed by atoms with van der Waals surface area (Å²) in [6.07, 6.45) is 0.723. The van der Waals surface area contributed by atoms with Crippen molar-refractivity contribution in [3.05, 3.63) is 39.9 Å². The Morgan fingerprint density at radius 1 is 1.45 bits per heavy atom. The van der Waals surface area contributed by atoms with Crippen LogP contribution in [0.3, 0.4) is 0 Å². The molecule has 1 aliphatic heterocycles. The molecule has 106 valence electrons. The highest BCUT2D eigenvalue weighted by Crippen LogP contribution is 2.51. The molecule has 1 heterocycles. The highest BCUT2D eigenvalue weighted by atomic mass is 16.6. The molecule has 0 radical (unpaired) electrons. The van der Waals surface area contributed by atoms with Crippen LogP contribution in [0.2, 0.25) is 0 Å². The number of nitrogens with one attached hydrogen (secondary N) is 1. The van der Waals surface area contributed by atoms with Crippen molar-refractivity contribution in [2.45, 2.75) is 32.5 Å². The number of hydrogen-bond donors (Lipinski definition) is 1. The average molecular weight is 275 g/mol. The third kappa shape index (κ3) is 2.06. The SMILES string of the molecule is CC1(C)CC1N1C(=O)CNC1c1cccc([N+](=O)[O-])c1. The van der Waals surface area contributed by atoms with Gasteiger partial charge in [0.25, 0.3) is 5.69 Å². The standard InChI is InChI=1S/C14H17N3O3/c1-14(2)7-11(14)16-12(18)8-15-13(16)9-4-3-5-10(6-9)17(19)20/h3-6,11,13,15H,7-8H2,1-2H3. The van der Waals surface area contributed by atoms with Crippen molar-refractivity contribution in [3.63, 3.8) is 0 Å². The molecule has 1 saturated carbocycles. The van der Waals surface area contributed by atoms with Crippen LogP contribution in [0.4, 0.5) is 5.69 Å². The Morgan fingerprint density at radius 2 is 2.15 bits per heavy atom. The minimum Gasteiger partial charge on any atom is -0.318 e. The molecule has 0 spiro atoms. The van der Waals surface area contributed by atoms with Gasteiger partial charge in [0.15, 0.2) is 0 Å². The number of hydrogen-bond acceptors (Lipinski definition) is 4. The maximum atomic E-state index is 12.1. The van der Waals surface area contributed by atoms with E-state index in [1.54, 1.807) is 12.1 Å². The molecule has 1 N–H and O–H groups in total. The van der Waals surface area contributed by atoms with Crippen LogP contribution in [-0.4, -0.2) is 28.3 Å². The van der Waals surface area contributed by atoms with Gasteiger partial charge in [-0.2, -0.15) is 0 Å². The summed E-state index contributed by atoms with van der Waals surface area (Å²) in [5.41, 5.74) is 0.965. The molecule has 0 aromatic heterocycles. The summed E-state index contributed by atoms with van der Waals surface area (Å²) in [6.45, 7) is 4.56. The van der Waals surface area contributed by atoms with E-state index in [2.05, 4.69) is 19.2 Å². The number of benzene rings is 1. The van der Waals surface area contributed by atoms with Crippen molar-refractivity contribution in [2.75, 3.05) is 6.54 Å². The number of carbonyl (C=O) groups excluding carboxylic acids is 1. The van der Waals surface area contributed by atoms with E-state index < -0.39 is 4.92 Å². The fourth-order valence-electron chi connectivity index (χ4n) is 2.87. The molecule has 2 atom stereocenters. The molecule has 3 rings (SSSR count). The molecule has 2 aliphatic rings. The molecule has 6 nitrogen and oxygen atoms in total. The lowest BCUT2D eigenvalue weighted by Crippen LogP contribution is -2.34. The van der Waals surface area contributed by atoms with Gasteiger partial charge >= 0.3 is 0 Å². The van der Waals surface area contributed by atoms with Crippen molar-refractivity contribution in [1.29, 1.82) is 0 Å². The van der Waals surface area contributed by atoms with Gasteiger partial charge in [0, 0.05) is 18.2 Å². The van der Waals surface area contributed by atoms with Crippen LogP contribution in [0.1, 0.15) is 32.0 Å². The van der Waals surface area contributed by atoms with Gasteiger partial charge in [-0.15, -0.1) is 0 Å². The minimum atomic E-state index is -0.411. The van der Waals surface area contributed by atoms with Gasteiger partial charge in [0.05, 0.1) is 11.5 Å². The van der Waals surface area contributed by atoms with Gasteiger partial charge in [-0.3, -0.25) is 20.2 Å². The zero-order valence-corrected chi connectivity index (χ0v) is 11.5. The van der Waals surface area contributed by atoms with Crippen LogP contribution >= 0.6 is 0 Å². The molecule has 2 unspecified atom stereocenters. The van der Waals surface area contributed by atoms with Gasteiger partial charge < -0.3 is 4.90 Å². The molecule has 1 aliphatic carbocycles. The maximum absolute atomic E-state index is 12.1. The van der Waals surface area contributed by atoms with E-state index in [1.165, 1.54) is 6.07 Å². The Labute approximate surface area is 116 Å². The van der Waals surface area contributed by atoms with Crippen molar-refractivity contribution in [2.24, 2.45) is 5.41 Å². The first-order valence-corrected chi connectivity index (χ1v) is 6.69. The third-order valence-electron chi connectivity index (χ3n) is 4.21. The van der Waals surface area contributed by atoms with Gasteiger partial charge in [0.1, 0.15) is 6.17 Å². The number of rotatable bonds is 3. The summed E-state index contributed by atoms with van der Waals surface area (Å²) in [6, 6.07) is 6.71. The fraction of sp³-hybridized carbons (Fsp3) is 0.500. The molecule has 1 saturated heterocycles. The van der Waals surface area contributed by atoms with Gasteiger partial charge in [-0.05, 0) is 17.4 Å². The van der Waals surface area contributed by atoms with Gasteiger partial charge in [-0.1, -0.05) is 26.0 Å². The Morgan fingerprint density at radius 3 is 2.75 bits per heavy atom. The Hall–Kier alpha value is -1.95. The van der Waals surface area contributed by atoms with Crippen LogP contribution < -0.4 is 5.32 Å². The quantitative estimate of drug-likeness (QED) is 0.674. The Bertz CT molecular complexity index is 585. The largest absolute Gasteiger partial charge is 0.318 e. The first-order valence-electron chi connectivity index (χ1n) is 6.69. The van der Waals surface area contributed by atoms with Crippen LogP contribution in [0.5, 0.6) is 0 Å². The molecule has 20 heavy (non-hydrogen) atoms. The minimum absolute atomic E-state index is 0.0543. The zero-order valence-electron chi connectivity index (χ0n) is 11.5. The summed E-state index contributed by atoms with van der Waals surface area (Å²) >= 11 is 0. The lowest BCUT2D eigenvalue weighted by Gasteiger charge is -2.26. The van der Waals surface area contributed by atoms with Crippen molar-refractivity contribution < 1.29 is 9.72 Å². The molecular formula is C14H17N3O3. The first-order chi connectivity index (χ1) is 9.40. The maximum Gasteiger partial charge on any atom is 0.269 e. The van der Waals surface area contributed by atoms with E-state index >= 15 is 0 Å². The highest BCUT2D eigenvalue weighted by molar-refractivity contribution is 5.81. The molecule has 1 amide bonds. The lowest BCUT2D eigenvalue weighted by atomic mass is 10.1. The smallest absolute Gasteiger partial charge is 0.269 e. The third-order valence-corrected chi connectivity index (χ3v) is 4.21. The monoisotopic (exact) mass is 275 g/mol. The number of nitrogens with zero attached hydrogens (tertiary/aromatic N) is 2. The molecule has 1 aromatic carbocycles. The first kappa shape index (κ1) is 13.1. The summed E-state index contributed by atoms with van der Waals surface area (Å²) < 4.78 is 0. The van der Waals surface area contributed by atoms with E-state index in [4.69, 9.17) is 0 Å². The number of non-ortho nitro benzene ring substituents is 1. The van der Waals surface area contributed by atoms with E-state index in [9.17, 15) is 14.9 Å². The van der Waals surface area contributed by atoms with E-state index in [1.807, 2.05) is 11.0 Å². The number of nitro groups is 1. The van der Waals surface area contributed by atoms with E-state index in [-0.39, 0.29) is 29.2 Å². The second-order valence-electron chi connectivity index (χ2n) is 6.15. The zero-order chi connectivity index (χ0) is 14.5. The van der Waals surface area contributed by atoms with Gasteiger partial charge in [-0.25, -0.2) is 0 Å². The summed E-state index contributed by atoms with van der Waals surface area (Å²) in [5.74, 6) is 0.0667. The molecular weight excluding hydrogens is 258 g/mol. The van der Waals surface area contributed by atoms with Crippen molar-refractivity contribution in [1.82, 2.24) is 10.2 Å². The summed E-state index contributed by atoms with van der Waals surface area (Å²) in [5, 5.41) is 14.0. The molecule has 2 fully saturated rings. The number of carbonyl (C=O) groups is 1.